The smallest absolute Gasteiger partial charge is 0.180 e. The number of benzene rings is 1. The Hall–Kier alpha value is -1.99. The molecule has 0 aliphatic rings. The first-order chi connectivity index (χ1) is 10.6. The zero-order valence-corrected chi connectivity index (χ0v) is 14.0. The van der Waals surface area contributed by atoms with Gasteiger partial charge in [0.05, 0.1) is 5.41 Å². The summed E-state index contributed by atoms with van der Waals surface area (Å²) in [7, 11) is 0. The number of ketones is 1. The lowest BCUT2D eigenvalue weighted by atomic mass is 9.85. The van der Waals surface area contributed by atoms with Gasteiger partial charge in [0.2, 0.25) is 0 Å². The van der Waals surface area contributed by atoms with Gasteiger partial charge in [-0.2, -0.15) is 0 Å². The van der Waals surface area contributed by atoms with E-state index in [2.05, 4.69) is 30.6 Å². The molecule has 0 radical (unpaired) electrons. The quantitative estimate of drug-likeness (QED) is 0.381. The molecule has 0 fully saturated rings. The van der Waals surface area contributed by atoms with Gasteiger partial charge < -0.3 is 0 Å². The molecule has 0 aliphatic heterocycles. The third-order valence-corrected chi connectivity index (χ3v) is 3.53. The largest absolute Gasteiger partial charge is 0.292 e. The highest BCUT2D eigenvalue weighted by atomic mass is 16.1. The summed E-state index contributed by atoms with van der Waals surface area (Å²) in [5.74, 6) is 11.8. The maximum Gasteiger partial charge on any atom is 0.180 e. The highest BCUT2D eigenvalue weighted by molar-refractivity contribution is 6.02. The standard InChI is InChI=1S/C21H26O/c1-4-5-6-7-8-9-10-11-15-18-21(2,3)20(22)19-16-13-12-14-17-19/h12-14,16-17H,4-9H2,1-3H3. The van der Waals surface area contributed by atoms with Crippen molar-refractivity contribution in [3.63, 3.8) is 0 Å². The van der Waals surface area contributed by atoms with Gasteiger partial charge in [0.1, 0.15) is 0 Å². The van der Waals surface area contributed by atoms with Crippen molar-refractivity contribution in [1.29, 1.82) is 0 Å². The van der Waals surface area contributed by atoms with Crippen LogP contribution >= 0.6 is 0 Å². The van der Waals surface area contributed by atoms with E-state index in [1.165, 1.54) is 25.7 Å². The van der Waals surface area contributed by atoms with Crippen LogP contribution in [0, 0.1) is 29.1 Å². The molecule has 0 unspecified atom stereocenters. The maximum atomic E-state index is 12.4. The molecule has 22 heavy (non-hydrogen) atoms. The topological polar surface area (TPSA) is 17.1 Å². The molecular formula is C21H26O. The number of hydrogen-bond donors (Lipinski definition) is 0. The molecule has 1 heteroatoms. The zero-order chi connectivity index (χ0) is 16.3. The van der Waals surface area contributed by atoms with Crippen LogP contribution in [0.15, 0.2) is 30.3 Å². The Morgan fingerprint density at radius 2 is 1.68 bits per heavy atom. The Balaban J connectivity index is 2.47. The Labute approximate surface area is 135 Å². The Bertz CT molecular complexity index is 573. The number of carbonyl (C=O) groups excluding carboxylic acids is 1. The van der Waals surface area contributed by atoms with Crippen LogP contribution in [0.5, 0.6) is 0 Å². The summed E-state index contributed by atoms with van der Waals surface area (Å²) >= 11 is 0. The predicted molar refractivity (Wildman–Crippen MR) is 93.5 cm³/mol. The minimum absolute atomic E-state index is 0.0435. The summed E-state index contributed by atoms with van der Waals surface area (Å²) < 4.78 is 0. The number of Topliss-reactive ketones (excluding diaryl/α,β-unsaturated/α-hetero) is 1. The van der Waals surface area contributed by atoms with Crippen LogP contribution in [-0.4, -0.2) is 5.78 Å². The molecule has 0 saturated carbocycles. The molecule has 0 heterocycles. The molecule has 0 saturated heterocycles. The first-order valence-electron chi connectivity index (χ1n) is 8.18. The fourth-order valence-electron chi connectivity index (χ4n) is 2.12. The lowest BCUT2D eigenvalue weighted by Crippen LogP contribution is -2.22. The van der Waals surface area contributed by atoms with Crippen LogP contribution in [0.3, 0.4) is 0 Å². The molecule has 0 aromatic heterocycles. The molecule has 0 aliphatic carbocycles. The van der Waals surface area contributed by atoms with E-state index in [1.807, 2.05) is 44.2 Å². The van der Waals surface area contributed by atoms with E-state index < -0.39 is 5.41 Å². The minimum Gasteiger partial charge on any atom is -0.292 e. The highest BCUT2D eigenvalue weighted by Gasteiger charge is 2.26. The van der Waals surface area contributed by atoms with Crippen LogP contribution in [0.4, 0.5) is 0 Å². The minimum atomic E-state index is -0.697. The van der Waals surface area contributed by atoms with Crippen molar-refractivity contribution in [2.45, 2.75) is 59.3 Å². The molecule has 1 aromatic rings. The van der Waals surface area contributed by atoms with Gasteiger partial charge in [-0.05, 0) is 32.1 Å². The monoisotopic (exact) mass is 294 g/mol. The highest BCUT2D eigenvalue weighted by Crippen LogP contribution is 2.20. The first kappa shape index (κ1) is 18.1. The number of rotatable bonds is 7. The summed E-state index contributed by atoms with van der Waals surface area (Å²) in [6.45, 7) is 5.91. The second-order valence-corrected chi connectivity index (χ2v) is 6.04. The van der Waals surface area contributed by atoms with Gasteiger partial charge in [-0.3, -0.25) is 4.79 Å². The van der Waals surface area contributed by atoms with Gasteiger partial charge in [-0.1, -0.05) is 74.8 Å². The second kappa shape index (κ2) is 9.86. The van der Waals surface area contributed by atoms with E-state index >= 15 is 0 Å². The van der Waals surface area contributed by atoms with Crippen LogP contribution in [0.2, 0.25) is 0 Å². The summed E-state index contributed by atoms with van der Waals surface area (Å²) in [6.07, 6.45) is 7.15. The van der Waals surface area contributed by atoms with E-state index in [0.29, 0.717) is 5.56 Å². The first-order valence-corrected chi connectivity index (χ1v) is 8.18. The number of hydrogen-bond acceptors (Lipinski definition) is 1. The van der Waals surface area contributed by atoms with Crippen LogP contribution < -0.4 is 0 Å². The van der Waals surface area contributed by atoms with Crippen molar-refractivity contribution < 1.29 is 4.79 Å². The lowest BCUT2D eigenvalue weighted by Gasteiger charge is -2.15. The Kier molecular flexibility index (Phi) is 8.09. The zero-order valence-electron chi connectivity index (χ0n) is 14.0. The van der Waals surface area contributed by atoms with Crippen molar-refractivity contribution in [3.8, 4) is 23.7 Å². The summed E-state index contributed by atoms with van der Waals surface area (Å²) in [5.41, 5.74) is 0.00244. The van der Waals surface area contributed by atoms with E-state index in [9.17, 15) is 4.79 Å². The Morgan fingerprint density at radius 3 is 2.36 bits per heavy atom. The molecule has 1 rings (SSSR count). The van der Waals surface area contributed by atoms with Gasteiger partial charge in [-0.15, -0.1) is 0 Å². The molecule has 0 spiro atoms. The number of carbonyl (C=O) groups is 1. The summed E-state index contributed by atoms with van der Waals surface area (Å²) in [6, 6.07) is 9.30. The van der Waals surface area contributed by atoms with E-state index in [1.54, 1.807) is 0 Å². The third-order valence-electron chi connectivity index (χ3n) is 3.53. The molecule has 116 valence electrons. The normalized spacial score (nSPS) is 10.1. The molecular weight excluding hydrogens is 268 g/mol. The number of unbranched alkanes of at least 4 members (excludes halogenated alkanes) is 5. The van der Waals surface area contributed by atoms with E-state index in [4.69, 9.17) is 0 Å². The molecule has 1 nitrogen and oxygen atoms in total. The van der Waals surface area contributed by atoms with Crippen LogP contribution in [-0.2, 0) is 0 Å². The van der Waals surface area contributed by atoms with Gasteiger partial charge in [0.15, 0.2) is 5.78 Å². The maximum absolute atomic E-state index is 12.4. The fraction of sp³-hybridized carbons (Fsp3) is 0.476. The van der Waals surface area contributed by atoms with Crippen LogP contribution in [0.25, 0.3) is 0 Å². The average molecular weight is 294 g/mol. The SMILES string of the molecule is CCCCCCCC#CC#CC(C)(C)C(=O)c1ccccc1. The average Bonchev–Trinajstić information content (AvgIpc) is 2.53. The van der Waals surface area contributed by atoms with Crippen LogP contribution in [0.1, 0.15) is 69.7 Å². The Morgan fingerprint density at radius 1 is 1.00 bits per heavy atom. The molecule has 0 N–H and O–H groups in total. The predicted octanol–water partition coefficient (Wildman–Crippen LogP) is 5.26. The van der Waals surface area contributed by atoms with E-state index in [-0.39, 0.29) is 5.78 Å². The van der Waals surface area contributed by atoms with Crippen molar-refractivity contribution in [2.75, 3.05) is 0 Å². The van der Waals surface area contributed by atoms with Gasteiger partial charge in [0, 0.05) is 12.0 Å². The van der Waals surface area contributed by atoms with Gasteiger partial charge in [0.25, 0.3) is 0 Å². The van der Waals surface area contributed by atoms with E-state index in [0.717, 1.165) is 12.8 Å². The van der Waals surface area contributed by atoms with Crippen molar-refractivity contribution in [2.24, 2.45) is 5.41 Å². The van der Waals surface area contributed by atoms with Gasteiger partial charge in [-0.25, -0.2) is 0 Å². The molecule has 0 amide bonds. The third kappa shape index (κ3) is 6.64. The fourth-order valence-corrected chi connectivity index (χ4v) is 2.12. The van der Waals surface area contributed by atoms with Crippen molar-refractivity contribution >= 4 is 5.78 Å². The second-order valence-electron chi connectivity index (χ2n) is 6.04. The van der Waals surface area contributed by atoms with Gasteiger partial charge >= 0.3 is 0 Å². The molecule has 0 atom stereocenters. The molecule has 0 bridgehead atoms. The lowest BCUT2D eigenvalue weighted by molar-refractivity contribution is 0.0893. The molecule has 1 aromatic carbocycles. The van der Waals surface area contributed by atoms with Crippen molar-refractivity contribution in [3.05, 3.63) is 35.9 Å². The summed E-state index contributed by atoms with van der Waals surface area (Å²) in [5, 5.41) is 0. The van der Waals surface area contributed by atoms with Crippen molar-refractivity contribution in [1.82, 2.24) is 0 Å². The summed E-state index contributed by atoms with van der Waals surface area (Å²) in [4.78, 5) is 12.4.